The quantitative estimate of drug-likeness (QED) is 0.523. The summed E-state index contributed by atoms with van der Waals surface area (Å²) >= 11 is 0. The average Bonchev–Trinajstić information content (AvgIpc) is 2.09. The number of guanidine groups is 1. The third-order valence-electron chi connectivity index (χ3n) is 1.79. The molecule has 0 heterocycles. The van der Waals surface area contributed by atoms with Gasteiger partial charge in [-0.3, -0.25) is 4.99 Å². The molecule has 0 aliphatic carbocycles. The SMILES string of the molecule is CCCN=C(N)N(CC)CC(C)C. The predicted octanol–water partition coefficient (Wildman–Crippen LogP) is 1.69. The molecule has 0 aliphatic heterocycles. The second kappa shape index (κ2) is 6.75. The van der Waals surface area contributed by atoms with Crippen LogP contribution < -0.4 is 5.73 Å². The van der Waals surface area contributed by atoms with E-state index in [1.54, 1.807) is 0 Å². The summed E-state index contributed by atoms with van der Waals surface area (Å²) in [5.41, 5.74) is 5.84. The number of hydrogen-bond acceptors (Lipinski definition) is 1. The predicted molar refractivity (Wildman–Crippen MR) is 58.9 cm³/mol. The van der Waals surface area contributed by atoms with Crippen molar-refractivity contribution in [3.63, 3.8) is 0 Å². The summed E-state index contributed by atoms with van der Waals surface area (Å²) in [5, 5.41) is 0. The Balaban J connectivity index is 4.05. The van der Waals surface area contributed by atoms with E-state index in [4.69, 9.17) is 5.73 Å². The lowest BCUT2D eigenvalue weighted by atomic mass is 10.2. The van der Waals surface area contributed by atoms with Gasteiger partial charge in [0.25, 0.3) is 0 Å². The number of rotatable bonds is 5. The lowest BCUT2D eigenvalue weighted by Crippen LogP contribution is -2.39. The Labute approximate surface area is 82.0 Å². The van der Waals surface area contributed by atoms with Gasteiger partial charge in [0, 0.05) is 19.6 Å². The first kappa shape index (κ1) is 12.3. The molecule has 0 amide bonds. The molecular weight excluding hydrogens is 162 g/mol. The lowest BCUT2D eigenvalue weighted by Gasteiger charge is -2.23. The van der Waals surface area contributed by atoms with Crippen LogP contribution in [0.25, 0.3) is 0 Å². The summed E-state index contributed by atoms with van der Waals surface area (Å²) < 4.78 is 0. The van der Waals surface area contributed by atoms with Gasteiger partial charge >= 0.3 is 0 Å². The highest BCUT2D eigenvalue weighted by Crippen LogP contribution is 1.98. The molecule has 0 fully saturated rings. The second-order valence-corrected chi connectivity index (χ2v) is 3.67. The van der Waals surface area contributed by atoms with Crippen molar-refractivity contribution in [3.8, 4) is 0 Å². The Morgan fingerprint density at radius 3 is 2.38 bits per heavy atom. The van der Waals surface area contributed by atoms with Crippen LogP contribution in [0.3, 0.4) is 0 Å². The van der Waals surface area contributed by atoms with Crippen molar-refractivity contribution >= 4 is 5.96 Å². The smallest absolute Gasteiger partial charge is 0.191 e. The summed E-state index contributed by atoms with van der Waals surface area (Å²) in [7, 11) is 0. The van der Waals surface area contributed by atoms with Crippen LogP contribution in [0, 0.1) is 5.92 Å². The fourth-order valence-corrected chi connectivity index (χ4v) is 1.15. The maximum atomic E-state index is 5.84. The molecule has 0 spiro atoms. The van der Waals surface area contributed by atoms with Crippen LogP contribution in [0.1, 0.15) is 34.1 Å². The van der Waals surface area contributed by atoms with E-state index >= 15 is 0 Å². The molecule has 78 valence electrons. The summed E-state index contributed by atoms with van der Waals surface area (Å²) in [6.07, 6.45) is 1.06. The van der Waals surface area contributed by atoms with Gasteiger partial charge in [-0.2, -0.15) is 0 Å². The summed E-state index contributed by atoms with van der Waals surface area (Å²) in [6.45, 7) is 11.4. The highest BCUT2D eigenvalue weighted by Gasteiger charge is 2.06. The van der Waals surface area contributed by atoms with Gasteiger partial charge in [0.2, 0.25) is 0 Å². The normalized spacial score (nSPS) is 12.2. The molecule has 0 aromatic rings. The van der Waals surface area contributed by atoms with Crippen molar-refractivity contribution in [2.45, 2.75) is 34.1 Å². The van der Waals surface area contributed by atoms with Crippen LogP contribution in [0.4, 0.5) is 0 Å². The van der Waals surface area contributed by atoms with Crippen LogP contribution in [-0.2, 0) is 0 Å². The molecule has 0 unspecified atom stereocenters. The van der Waals surface area contributed by atoms with E-state index in [0.29, 0.717) is 11.9 Å². The Morgan fingerprint density at radius 1 is 1.38 bits per heavy atom. The molecule has 3 heteroatoms. The first-order valence-corrected chi connectivity index (χ1v) is 5.16. The summed E-state index contributed by atoms with van der Waals surface area (Å²) in [5.74, 6) is 1.33. The standard InChI is InChI=1S/C10H23N3/c1-5-7-12-10(11)13(6-2)8-9(3)4/h9H,5-8H2,1-4H3,(H2,11,12). The van der Waals surface area contributed by atoms with Crippen LogP contribution in [0.2, 0.25) is 0 Å². The number of hydrogen-bond donors (Lipinski definition) is 1. The first-order chi connectivity index (χ1) is 6.11. The minimum Gasteiger partial charge on any atom is -0.370 e. The van der Waals surface area contributed by atoms with Crippen molar-refractivity contribution in [3.05, 3.63) is 0 Å². The molecule has 0 saturated heterocycles. The molecule has 0 radical (unpaired) electrons. The van der Waals surface area contributed by atoms with Crippen molar-refractivity contribution in [1.82, 2.24) is 4.90 Å². The maximum absolute atomic E-state index is 5.84. The molecule has 0 aromatic heterocycles. The zero-order valence-electron chi connectivity index (χ0n) is 9.38. The molecular formula is C10H23N3. The van der Waals surface area contributed by atoms with Gasteiger partial charge in [-0.15, -0.1) is 0 Å². The van der Waals surface area contributed by atoms with E-state index in [1.165, 1.54) is 0 Å². The van der Waals surface area contributed by atoms with E-state index in [9.17, 15) is 0 Å². The van der Waals surface area contributed by atoms with Crippen LogP contribution in [0.5, 0.6) is 0 Å². The Morgan fingerprint density at radius 2 is 2.00 bits per heavy atom. The lowest BCUT2D eigenvalue weighted by molar-refractivity contribution is 0.376. The van der Waals surface area contributed by atoms with Crippen LogP contribution in [-0.4, -0.2) is 30.5 Å². The number of nitrogens with zero attached hydrogens (tertiary/aromatic N) is 2. The second-order valence-electron chi connectivity index (χ2n) is 3.67. The van der Waals surface area contributed by atoms with Gasteiger partial charge in [-0.1, -0.05) is 20.8 Å². The Kier molecular flexibility index (Phi) is 6.37. The van der Waals surface area contributed by atoms with Crippen LogP contribution in [0.15, 0.2) is 4.99 Å². The van der Waals surface area contributed by atoms with Gasteiger partial charge in [0.15, 0.2) is 5.96 Å². The summed E-state index contributed by atoms with van der Waals surface area (Å²) in [6, 6.07) is 0. The third-order valence-corrected chi connectivity index (χ3v) is 1.79. The van der Waals surface area contributed by atoms with Gasteiger partial charge < -0.3 is 10.6 Å². The van der Waals surface area contributed by atoms with E-state index in [0.717, 1.165) is 26.1 Å². The molecule has 0 bridgehead atoms. The average molecular weight is 185 g/mol. The van der Waals surface area contributed by atoms with Gasteiger partial charge in [0.05, 0.1) is 0 Å². The number of aliphatic imine (C=N–C) groups is 1. The molecule has 0 aromatic carbocycles. The molecule has 0 saturated carbocycles. The maximum Gasteiger partial charge on any atom is 0.191 e. The van der Waals surface area contributed by atoms with Crippen molar-refractivity contribution in [2.75, 3.05) is 19.6 Å². The Hall–Kier alpha value is -0.730. The van der Waals surface area contributed by atoms with E-state index in [-0.39, 0.29) is 0 Å². The first-order valence-electron chi connectivity index (χ1n) is 5.16. The van der Waals surface area contributed by atoms with Gasteiger partial charge in [0.1, 0.15) is 0 Å². The molecule has 13 heavy (non-hydrogen) atoms. The Bertz CT molecular complexity index is 152. The van der Waals surface area contributed by atoms with Gasteiger partial charge in [-0.05, 0) is 19.3 Å². The molecule has 0 rings (SSSR count). The monoisotopic (exact) mass is 185 g/mol. The van der Waals surface area contributed by atoms with E-state index < -0.39 is 0 Å². The molecule has 2 N–H and O–H groups in total. The molecule has 3 nitrogen and oxygen atoms in total. The van der Waals surface area contributed by atoms with E-state index in [1.807, 2.05) is 0 Å². The highest BCUT2D eigenvalue weighted by molar-refractivity contribution is 5.78. The van der Waals surface area contributed by atoms with Gasteiger partial charge in [-0.25, -0.2) is 0 Å². The minimum absolute atomic E-state index is 0.635. The molecule has 0 aliphatic rings. The van der Waals surface area contributed by atoms with Crippen molar-refractivity contribution in [2.24, 2.45) is 16.6 Å². The summed E-state index contributed by atoms with van der Waals surface area (Å²) in [4.78, 5) is 6.41. The largest absolute Gasteiger partial charge is 0.370 e. The topological polar surface area (TPSA) is 41.6 Å². The fourth-order valence-electron chi connectivity index (χ4n) is 1.15. The zero-order valence-corrected chi connectivity index (χ0v) is 9.38. The van der Waals surface area contributed by atoms with Crippen molar-refractivity contribution in [1.29, 1.82) is 0 Å². The van der Waals surface area contributed by atoms with E-state index in [2.05, 4.69) is 37.6 Å². The third kappa shape index (κ3) is 5.50. The highest BCUT2D eigenvalue weighted by atomic mass is 15.2. The van der Waals surface area contributed by atoms with Crippen LogP contribution >= 0.6 is 0 Å². The minimum atomic E-state index is 0.635. The molecule has 0 atom stereocenters. The number of nitrogens with two attached hydrogens (primary N) is 1. The van der Waals surface area contributed by atoms with Crippen molar-refractivity contribution < 1.29 is 0 Å². The zero-order chi connectivity index (χ0) is 10.3. The fraction of sp³-hybridized carbons (Fsp3) is 0.900.